The van der Waals surface area contributed by atoms with Crippen LogP contribution in [0.2, 0.25) is 5.15 Å². The first-order chi connectivity index (χ1) is 13.7. The molecule has 12 heteroatoms. The van der Waals surface area contributed by atoms with Crippen LogP contribution in [0.25, 0.3) is 10.2 Å². The molecule has 1 fully saturated rings. The van der Waals surface area contributed by atoms with Crippen LogP contribution in [0.4, 0.5) is 0 Å². The normalized spacial score (nSPS) is 17.3. The lowest BCUT2D eigenvalue weighted by atomic mass is 10.3. The molecule has 8 nitrogen and oxygen atoms in total. The van der Waals surface area contributed by atoms with Crippen LogP contribution in [0, 0.1) is 5.41 Å². The van der Waals surface area contributed by atoms with Gasteiger partial charge in [0.2, 0.25) is 5.91 Å². The number of carbonyl (C=O) groups excluding carboxylic acids is 1. The van der Waals surface area contributed by atoms with E-state index in [0.717, 1.165) is 16.9 Å². The number of nitrogens with two attached hydrogens (primary N) is 1. The first-order valence-corrected chi connectivity index (χ1v) is 12.1. The van der Waals surface area contributed by atoms with Gasteiger partial charge in [-0.15, -0.1) is 22.7 Å². The lowest BCUT2D eigenvalue weighted by Crippen LogP contribution is -2.41. The number of rotatable bonds is 6. The molecule has 1 aliphatic heterocycles. The number of nitrogens with zero attached hydrogens (tertiary/aromatic N) is 2. The highest BCUT2D eigenvalue weighted by Crippen LogP contribution is 2.29. The van der Waals surface area contributed by atoms with Crippen molar-refractivity contribution in [2.75, 3.05) is 6.54 Å². The number of sulfonamides is 1. The predicted octanol–water partition coefficient (Wildman–Crippen LogP) is 2.37. The molecule has 29 heavy (non-hydrogen) atoms. The van der Waals surface area contributed by atoms with E-state index < -0.39 is 16.1 Å². The predicted molar refractivity (Wildman–Crippen MR) is 114 cm³/mol. The highest BCUT2D eigenvalue weighted by atomic mass is 35.5. The molecular weight excluding hydrogens is 454 g/mol. The van der Waals surface area contributed by atoms with Crippen LogP contribution in [0.1, 0.15) is 16.9 Å². The molecule has 0 saturated carbocycles. The maximum atomic E-state index is 12.8. The summed E-state index contributed by atoms with van der Waals surface area (Å²) in [6.07, 6.45) is 0.386. The van der Waals surface area contributed by atoms with Gasteiger partial charge in [0, 0.05) is 13.1 Å². The van der Waals surface area contributed by atoms with Crippen LogP contribution >= 0.6 is 34.3 Å². The molecule has 1 aliphatic rings. The summed E-state index contributed by atoms with van der Waals surface area (Å²) in [5, 5.41) is 9.59. The van der Waals surface area contributed by atoms with E-state index in [0.29, 0.717) is 34.6 Å². The number of pyridine rings is 1. The SMILES string of the molecule is N=C(N)c1cc(CN2CC[C@H](NS(=O)(=O)c3cc4nc(Cl)ccc4s3)C2=O)cs1. The van der Waals surface area contributed by atoms with Gasteiger partial charge in [-0.1, -0.05) is 11.6 Å². The summed E-state index contributed by atoms with van der Waals surface area (Å²) >= 11 is 8.28. The topological polar surface area (TPSA) is 129 Å². The summed E-state index contributed by atoms with van der Waals surface area (Å²) in [6, 6.07) is 5.73. The van der Waals surface area contributed by atoms with Crippen molar-refractivity contribution in [3.8, 4) is 0 Å². The average molecular weight is 470 g/mol. The third kappa shape index (κ3) is 4.14. The zero-order valence-corrected chi connectivity index (χ0v) is 18.1. The fraction of sp³-hybridized carbons (Fsp3) is 0.235. The Hall–Kier alpha value is -2.05. The third-order valence-electron chi connectivity index (χ3n) is 4.47. The van der Waals surface area contributed by atoms with Gasteiger partial charge >= 0.3 is 0 Å². The number of hydrogen-bond donors (Lipinski definition) is 3. The Morgan fingerprint density at radius 2 is 2.21 bits per heavy atom. The second kappa shape index (κ2) is 7.65. The van der Waals surface area contributed by atoms with E-state index in [1.807, 2.05) is 5.38 Å². The Morgan fingerprint density at radius 1 is 1.41 bits per heavy atom. The summed E-state index contributed by atoms with van der Waals surface area (Å²) in [5.41, 5.74) is 6.84. The highest BCUT2D eigenvalue weighted by Gasteiger charge is 2.35. The van der Waals surface area contributed by atoms with Crippen molar-refractivity contribution in [1.82, 2.24) is 14.6 Å². The molecule has 0 aromatic carbocycles. The number of likely N-dealkylation sites (tertiary alicyclic amines) is 1. The van der Waals surface area contributed by atoms with Gasteiger partial charge in [-0.05, 0) is 41.6 Å². The van der Waals surface area contributed by atoms with Crippen molar-refractivity contribution >= 4 is 66.3 Å². The Bertz CT molecular complexity index is 1220. The summed E-state index contributed by atoms with van der Waals surface area (Å²) in [5.74, 6) is -0.287. The molecule has 152 valence electrons. The highest BCUT2D eigenvalue weighted by molar-refractivity contribution is 7.91. The molecule has 4 heterocycles. The molecule has 3 aromatic rings. The molecule has 1 amide bonds. The first kappa shape index (κ1) is 20.2. The van der Waals surface area contributed by atoms with Crippen molar-refractivity contribution in [3.63, 3.8) is 0 Å². The number of fused-ring (bicyclic) bond motifs is 1. The summed E-state index contributed by atoms with van der Waals surface area (Å²) < 4.78 is 28.8. The number of nitrogen functional groups attached to an aromatic ring is 1. The maximum Gasteiger partial charge on any atom is 0.250 e. The fourth-order valence-corrected chi connectivity index (χ4v) is 6.56. The van der Waals surface area contributed by atoms with Crippen molar-refractivity contribution in [2.45, 2.75) is 23.2 Å². The number of nitrogens with one attached hydrogen (secondary N) is 2. The fourth-order valence-electron chi connectivity index (χ4n) is 3.08. The van der Waals surface area contributed by atoms with Crippen LogP contribution in [0.5, 0.6) is 0 Å². The third-order valence-corrected chi connectivity index (χ3v) is 8.73. The van der Waals surface area contributed by atoms with E-state index in [1.165, 1.54) is 17.4 Å². The van der Waals surface area contributed by atoms with E-state index in [2.05, 4.69) is 9.71 Å². The van der Waals surface area contributed by atoms with Gasteiger partial charge < -0.3 is 10.6 Å². The number of amides is 1. The van der Waals surface area contributed by atoms with Crippen molar-refractivity contribution in [1.29, 1.82) is 5.41 Å². The molecule has 0 radical (unpaired) electrons. The lowest BCUT2D eigenvalue weighted by molar-refractivity contribution is -0.129. The number of hydrogen-bond acceptors (Lipinski definition) is 7. The van der Waals surface area contributed by atoms with Crippen molar-refractivity contribution < 1.29 is 13.2 Å². The number of aromatic nitrogens is 1. The zero-order chi connectivity index (χ0) is 20.8. The van der Waals surface area contributed by atoms with Gasteiger partial charge in [0.25, 0.3) is 10.0 Å². The summed E-state index contributed by atoms with van der Waals surface area (Å²) in [6.45, 7) is 0.799. The molecule has 3 aromatic heterocycles. The van der Waals surface area contributed by atoms with Gasteiger partial charge in [-0.2, -0.15) is 4.72 Å². The van der Waals surface area contributed by atoms with Gasteiger partial charge in [0.05, 0.1) is 15.1 Å². The minimum Gasteiger partial charge on any atom is -0.383 e. The first-order valence-electron chi connectivity index (χ1n) is 8.52. The van der Waals surface area contributed by atoms with Crippen LogP contribution in [0.15, 0.2) is 33.9 Å². The smallest absolute Gasteiger partial charge is 0.250 e. The lowest BCUT2D eigenvalue weighted by Gasteiger charge is -2.16. The van der Waals surface area contributed by atoms with Gasteiger partial charge in [-0.3, -0.25) is 10.2 Å². The Balaban J connectivity index is 1.47. The van der Waals surface area contributed by atoms with E-state index in [9.17, 15) is 13.2 Å². The minimum atomic E-state index is -3.86. The molecule has 1 atom stereocenters. The number of amidine groups is 1. The van der Waals surface area contributed by atoms with Crippen molar-refractivity contribution in [2.24, 2.45) is 5.73 Å². The Kier molecular flexibility index (Phi) is 5.34. The monoisotopic (exact) mass is 469 g/mol. The minimum absolute atomic E-state index is 0.0150. The molecule has 0 spiro atoms. The van der Waals surface area contributed by atoms with Crippen LogP contribution in [-0.4, -0.2) is 42.6 Å². The van der Waals surface area contributed by atoms with Crippen LogP contribution in [-0.2, 0) is 21.4 Å². The molecule has 4 N–H and O–H groups in total. The molecule has 4 rings (SSSR count). The average Bonchev–Trinajstić information content (AvgIpc) is 3.36. The molecular formula is C17H16ClN5O3S3. The van der Waals surface area contributed by atoms with Gasteiger partial charge in [0.1, 0.15) is 21.2 Å². The second-order valence-electron chi connectivity index (χ2n) is 6.54. The zero-order valence-electron chi connectivity index (χ0n) is 14.9. The summed E-state index contributed by atoms with van der Waals surface area (Å²) in [4.78, 5) is 19.0. The van der Waals surface area contributed by atoms with Crippen LogP contribution < -0.4 is 10.5 Å². The molecule has 0 unspecified atom stereocenters. The van der Waals surface area contributed by atoms with E-state index in [4.69, 9.17) is 22.7 Å². The molecule has 1 saturated heterocycles. The molecule has 0 bridgehead atoms. The van der Waals surface area contributed by atoms with Crippen LogP contribution in [0.3, 0.4) is 0 Å². The Labute approximate surface area is 179 Å². The van der Waals surface area contributed by atoms with E-state index in [1.54, 1.807) is 23.1 Å². The van der Waals surface area contributed by atoms with Gasteiger partial charge in [0.15, 0.2) is 0 Å². The quantitative estimate of drug-likeness (QED) is 0.290. The van der Waals surface area contributed by atoms with E-state index >= 15 is 0 Å². The largest absolute Gasteiger partial charge is 0.383 e. The Morgan fingerprint density at radius 3 is 2.93 bits per heavy atom. The number of thiophene rings is 2. The standard InChI is InChI=1S/C17H16ClN5O3S3/c18-14-2-1-12-11(21-14)6-15(28-12)29(25,26)22-10-3-4-23(17(10)24)7-9-5-13(16(19)20)27-8-9/h1-2,5-6,8,10,22H,3-4,7H2,(H3,19,20)/t10-/m0/s1. The molecule has 0 aliphatic carbocycles. The van der Waals surface area contributed by atoms with E-state index in [-0.39, 0.29) is 21.1 Å². The maximum absolute atomic E-state index is 12.8. The number of halogens is 1. The van der Waals surface area contributed by atoms with Gasteiger partial charge in [-0.25, -0.2) is 13.4 Å². The summed E-state index contributed by atoms with van der Waals surface area (Å²) in [7, 11) is -3.86. The van der Waals surface area contributed by atoms with Crippen molar-refractivity contribution in [3.05, 3.63) is 45.2 Å². The number of carbonyl (C=O) groups is 1. The second-order valence-corrected chi connectivity index (χ2v) is 10.9.